The molecule has 44 heavy (non-hydrogen) atoms. The number of ether oxygens (including phenoxy) is 1. The number of thioether (sulfide) groups is 1. The number of piperazine rings is 1. The molecule has 0 aliphatic carbocycles. The van der Waals surface area contributed by atoms with Gasteiger partial charge >= 0.3 is 13.2 Å². The average molecular weight is 723 g/mol. The predicted octanol–water partition coefficient (Wildman–Crippen LogP) is 7.73. The summed E-state index contributed by atoms with van der Waals surface area (Å²) in [4.78, 5) is 28.6. The number of fused-ring (bicyclic) bond motifs is 3. The van der Waals surface area contributed by atoms with Gasteiger partial charge in [-0.25, -0.2) is 37.8 Å². The van der Waals surface area contributed by atoms with Crippen LogP contribution in [0.4, 0.5) is 23.8 Å². The fourth-order valence-electron chi connectivity index (χ4n) is 6.07. The van der Waals surface area contributed by atoms with Crippen molar-refractivity contribution in [2.24, 2.45) is 0 Å². The number of anilines is 1. The van der Waals surface area contributed by atoms with Crippen LogP contribution in [0.1, 0.15) is 74.7 Å². The highest BCUT2D eigenvalue weighted by Crippen LogP contribution is 2.54. The molecule has 9 nitrogen and oxygen atoms in total. The quantitative estimate of drug-likeness (QED) is 0.0978. The number of hydrogen-bond donors (Lipinski definition) is 0. The third-order valence-electron chi connectivity index (χ3n) is 8.69. The summed E-state index contributed by atoms with van der Waals surface area (Å²) in [5.74, 6) is -5.20. The van der Waals surface area contributed by atoms with Gasteiger partial charge in [0.2, 0.25) is 11.6 Å². The number of carbonyl (C=O) groups is 1. The summed E-state index contributed by atoms with van der Waals surface area (Å²) in [6.07, 6.45) is -1.35. The zero-order valence-corrected chi connectivity index (χ0v) is 29.2. The van der Waals surface area contributed by atoms with E-state index in [0.717, 1.165) is 0 Å². The van der Waals surface area contributed by atoms with Gasteiger partial charge in [-0.15, -0.1) is 0 Å². The van der Waals surface area contributed by atoms with Gasteiger partial charge in [0, 0.05) is 12.8 Å². The van der Waals surface area contributed by atoms with Gasteiger partial charge in [-0.3, -0.25) is 0 Å². The Kier molecular flexibility index (Phi) is 8.69. The van der Waals surface area contributed by atoms with Gasteiger partial charge in [-0.1, -0.05) is 30.3 Å². The molecule has 3 atom stereocenters. The third kappa shape index (κ3) is 5.77. The summed E-state index contributed by atoms with van der Waals surface area (Å²) in [5.41, 5.74) is -2.36. The molecule has 3 aliphatic rings. The van der Waals surface area contributed by atoms with Crippen molar-refractivity contribution in [3.63, 3.8) is 0 Å². The highest BCUT2D eigenvalue weighted by atomic mass is 79.9. The first kappa shape index (κ1) is 33.8. The summed E-state index contributed by atoms with van der Waals surface area (Å²) < 4.78 is 68.0. The molecule has 0 spiro atoms. The van der Waals surface area contributed by atoms with E-state index in [1.807, 2.05) is 34.6 Å². The van der Waals surface area contributed by atoms with Crippen LogP contribution >= 0.6 is 39.3 Å². The number of aromatic nitrogens is 3. The SMILES string of the molecule is CCSc1nc(N2C[C@@]3(F)CC[C@@](F)([C@H]2CCB2OC(C)(C)C(C)(C)O2)N3C(=O)OC(C)(C)C)c2c(Br)nc(Cl)c(F)c2n1. The van der Waals surface area contributed by atoms with Crippen LogP contribution in [0.5, 0.6) is 0 Å². The lowest BCUT2D eigenvalue weighted by molar-refractivity contribution is -0.133. The van der Waals surface area contributed by atoms with Gasteiger partial charge in [0.05, 0.1) is 29.2 Å². The summed E-state index contributed by atoms with van der Waals surface area (Å²) in [7, 11) is -0.683. The molecule has 3 aliphatic heterocycles. The third-order valence-corrected chi connectivity index (χ3v) is 10.2. The van der Waals surface area contributed by atoms with E-state index in [4.69, 9.17) is 25.6 Å². The topological polar surface area (TPSA) is 89.9 Å². The molecule has 0 unspecified atom stereocenters. The second-order valence-electron chi connectivity index (χ2n) is 13.5. The number of carbonyl (C=O) groups excluding carboxylic acids is 1. The Labute approximate surface area is 273 Å². The van der Waals surface area contributed by atoms with Crippen molar-refractivity contribution in [1.29, 1.82) is 0 Å². The highest BCUT2D eigenvalue weighted by molar-refractivity contribution is 9.10. The minimum absolute atomic E-state index is 0.0750. The summed E-state index contributed by atoms with van der Waals surface area (Å²) in [5, 5.41) is -0.0849. The zero-order chi connectivity index (χ0) is 32.6. The number of rotatable bonds is 6. The largest absolute Gasteiger partial charge is 0.457 e. The van der Waals surface area contributed by atoms with Crippen molar-refractivity contribution in [3.05, 3.63) is 15.6 Å². The van der Waals surface area contributed by atoms with Crippen LogP contribution < -0.4 is 4.90 Å². The highest BCUT2D eigenvalue weighted by Gasteiger charge is 2.69. The van der Waals surface area contributed by atoms with E-state index >= 15 is 13.2 Å². The lowest BCUT2D eigenvalue weighted by Gasteiger charge is -2.52. The fraction of sp³-hybridized carbons (Fsp3) is 0.714. The van der Waals surface area contributed by atoms with E-state index in [1.54, 1.807) is 20.8 Å². The second kappa shape index (κ2) is 11.3. The molecule has 242 valence electrons. The van der Waals surface area contributed by atoms with Crippen molar-refractivity contribution in [2.45, 2.75) is 121 Å². The minimum atomic E-state index is -2.51. The lowest BCUT2D eigenvalue weighted by atomic mass is 9.79. The molecule has 0 N–H and O–H groups in total. The number of hydrogen-bond acceptors (Lipinski definition) is 9. The molecule has 0 aromatic carbocycles. The lowest BCUT2D eigenvalue weighted by Crippen LogP contribution is -2.71. The second-order valence-corrected chi connectivity index (χ2v) is 15.8. The van der Waals surface area contributed by atoms with Gasteiger partial charge in [0.1, 0.15) is 21.5 Å². The molecule has 5 rings (SSSR count). The van der Waals surface area contributed by atoms with Gasteiger partial charge < -0.3 is 18.9 Å². The van der Waals surface area contributed by atoms with Crippen molar-refractivity contribution in [1.82, 2.24) is 19.9 Å². The molecule has 3 fully saturated rings. The van der Waals surface area contributed by atoms with Crippen LogP contribution in [-0.2, 0) is 14.0 Å². The first-order chi connectivity index (χ1) is 20.2. The Morgan fingerprint density at radius 1 is 1.16 bits per heavy atom. The van der Waals surface area contributed by atoms with E-state index in [0.29, 0.717) is 10.7 Å². The van der Waals surface area contributed by atoms with Crippen LogP contribution in [0.15, 0.2) is 9.76 Å². The molecule has 0 saturated carbocycles. The van der Waals surface area contributed by atoms with Gasteiger partial charge in [-0.2, -0.15) is 0 Å². The maximum absolute atomic E-state index is 17.6. The van der Waals surface area contributed by atoms with E-state index < -0.39 is 65.2 Å². The number of halogens is 5. The van der Waals surface area contributed by atoms with E-state index in [9.17, 15) is 4.79 Å². The number of alkyl halides is 2. The normalized spacial score (nSPS) is 27.8. The Morgan fingerprint density at radius 3 is 2.39 bits per heavy atom. The fourth-order valence-corrected chi connectivity index (χ4v) is 7.45. The maximum atomic E-state index is 17.6. The summed E-state index contributed by atoms with van der Waals surface area (Å²) in [6.45, 7) is 14.0. The Balaban J connectivity index is 1.65. The molecule has 16 heteroatoms. The van der Waals surface area contributed by atoms with Gasteiger partial charge in [0.15, 0.2) is 16.1 Å². The zero-order valence-electron chi connectivity index (χ0n) is 26.1. The van der Waals surface area contributed by atoms with E-state index in [-0.39, 0.29) is 52.1 Å². The van der Waals surface area contributed by atoms with Crippen molar-refractivity contribution >= 4 is 69.2 Å². The van der Waals surface area contributed by atoms with Crippen LogP contribution in [0.25, 0.3) is 10.9 Å². The van der Waals surface area contributed by atoms with Crippen molar-refractivity contribution in [2.75, 3.05) is 17.2 Å². The number of pyridine rings is 1. The molecule has 2 aromatic heterocycles. The molecule has 1 amide bonds. The van der Waals surface area contributed by atoms with E-state index in [2.05, 4.69) is 30.9 Å². The van der Waals surface area contributed by atoms with Crippen LogP contribution in [0.2, 0.25) is 11.5 Å². The smallest absolute Gasteiger partial charge is 0.444 e. The molecular formula is C28H37BBrClF3N5O4S. The molecule has 2 aromatic rings. The maximum Gasteiger partial charge on any atom is 0.457 e. The molecule has 3 saturated heterocycles. The summed E-state index contributed by atoms with van der Waals surface area (Å²) in [6, 6.07) is -1.15. The molecule has 5 heterocycles. The Bertz CT molecular complexity index is 1470. The van der Waals surface area contributed by atoms with E-state index in [1.165, 1.54) is 16.7 Å². The van der Waals surface area contributed by atoms with Crippen LogP contribution in [-0.4, -0.2) is 79.8 Å². The summed E-state index contributed by atoms with van der Waals surface area (Å²) >= 11 is 10.7. The van der Waals surface area contributed by atoms with Crippen LogP contribution in [0, 0.1) is 5.82 Å². The minimum Gasteiger partial charge on any atom is -0.444 e. The Hall–Kier alpha value is -1.55. The van der Waals surface area contributed by atoms with Crippen LogP contribution in [0.3, 0.4) is 0 Å². The van der Waals surface area contributed by atoms with Crippen molar-refractivity contribution < 1.29 is 32.0 Å². The first-order valence-electron chi connectivity index (χ1n) is 14.6. The van der Waals surface area contributed by atoms with Gasteiger partial charge in [-0.05, 0) is 82.9 Å². The Morgan fingerprint density at radius 2 is 1.80 bits per heavy atom. The number of nitrogens with zero attached hydrogens (tertiary/aromatic N) is 5. The molecule has 0 radical (unpaired) electrons. The monoisotopic (exact) mass is 721 g/mol. The average Bonchev–Trinajstić information content (AvgIpc) is 3.22. The molecular weight excluding hydrogens is 686 g/mol. The first-order valence-corrected chi connectivity index (χ1v) is 16.8. The van der Waals surface area contributed by atoms with Crippen molar-refractivity contribution in [3.8, 4) is 0 Å². The standard InChI is InChI=1S/C28H37BBrClF3N5O4S/c1-9-44-22-35-18-16(19(30)36-20(31)17(18)32)21(37-22)38-14-27(33)11-12-28(34,39(27)23(40)41-24(2,3)4)15(38)10-13-29-42-25(5,6)26(7,8)43-29/h15H,9-14H2,1-8H3/t15-,27-,28+/m1/s1. The van der Waals surface area contributed by atoms with Gasteiger partial charge in [0.25, 0.3) is 0 Å². The predicted molar refractivity (Wildman–Crippen MR) is 168 cm³/mol. The molecule has 2 bridgehead atoms. The number of amides is 1.